The van der Waals surface area contributed by atoms with Crippen molar-refractivity contribution in [2.24, 2.45) is 0 Å². The number of fused-ring (bicyclic) bond motifs is 1. The molecule has 1 unspecified atom stereocenters. The molecule has 11 heteroatoms. The lowest BCUT2D eigenvalue weighted by molar-refractivity contribution is -0.113. The van der Waals surface area contributed by atoms with Gasteiger partial charge in [0.25, 0.3) is 0 Å². The maximum Gasteiger partial charge on any atom is 0.387 e. The maximum atomic E-state index is 12.5. The highest BCUT2D eigenvalue weighted by Gasteiger charge is 2.23. The van der Waals surface area contributed by atoms with Gasteiger partial charge in [-0.3, -0.25) is 9.36 Å². The molecule has 1 atom stereocenters. The Morgan fingerprint density at radius 1 is 1.23 bits per heavy atom. The molecular weight excluding hydrogens is 476 g/mol. The van der Waals surface area contributed by atoms with Gasteiger partial charge in [-0.15, -0.1) is 10.2 Å². The van der Waals surface area contributed by atoms with E-state index in [9.17, 15) is 13.6 Å². The molecule has 5 rings (SSSR count). The van der Waals surface area contributed by atoms with Gasteiger partial charge in [0.2, 0.25) is 5.91 Å². The minimum atomic E-state index is -2.90. The van der Waals surface area contributed by atoms with Crippen molar-refractivity contribution < 1.29 is 23.0 Å². The molecule has 0 bridgehead atoms. The van der Waals surface area contributed by atoms with Crippen molar-refractivity contribution in [1.29, 1.82) is 0 Å². The van der Waals surface area contributed by atoms with Crippen LogP contribution in [0.15, 0.2) is 59.9 Å². The van der Waals surface area contributed by atoms with E-state index in [-0.39, 0.29) is 23.5 Å². The molecule has 0 radical (unpaired) electrons. The molecule has 0 aliphatic carbocycles. The van der Waals surface area contributed by atoms with Crippen molar-refractivity contribution in [3.05, 3.63) is 54.7 Å². The van der Waals surface area contributed by atoms with E-state index in [1.807, 2.05) is 35.0 Å². The smallest absolute Gasteiger partial charge is 0.387 e. The summed E-state index contributed by atoms with van der Waals surface area (Å²) in [5.41, 5.74) is 2.43. The first-order chi connectivity index (χ1) is 17.1. The maximum absolute atomic E-state index is 12.5. The molecule has 2 aromatic carbocycles. The lowest BCUT2D eigenvalue weighted by Crippen LogP contribution is -2.18. The second-order valence-corrected chi connectivity index (χ2v) is 8.98. The number of nitrogens with one attached hydrogen (secondary N) is 2. The summed E-state index contributed by atoms with van der Waals surface area (Å²) in [5.74, 6) is 0.597. The number of halogens is 2. The zero-order valence-corrected chi connectivity index (χ0v) is 19.4. The molecule has 8 nitrogen and oxygen atoms in total. The van der Waals surface area contributed by atoms with E-state index >= 15 is 0 Å². The number of H-pyrrole nitrogens is 1. The fourth-order valence-corrected chi connectivity index (χ4v) is 4.80. The minimum Gasteiger partial charge on any atom is -0.435 e. The van der Waals surface area contributed by atoms with E-state index in [1.54, 1.807) is 0 Å². The predicted molar refractivity (Wildman–Crippen MR) is 129 cm³/mol. The number of hydrogen-bond acceptors (Lipinski definition) is 6. The molecule has 4 aromatic rings. The molecule has 3 heterocycles. The monoisotopic (exact) mass is 499 g/mol. The van der Waals surface area contributed by atoms with Crippen LogP contribution in [0.2, 0.25) is 0 Å². The Kier molecular flexibility index (Phi) is 6.96. The van der Waals surface area contributed by atoms with Gasteiger partial charge in [-0.2, -0.15) is 8.78 Å². The van der Waals surface area contributed by atoms with Crippen LogP contribution in [0.4, 0.5) is 14.5 Å². The highest BCUT2D eigenvalue weighted by molar-refractivity contribution is 7.99. The number of carbonyl (C=O) groups excluding carboxylic acids is 1. The average molecular weight is 500 g/mol. The van der Waals surface area contributed by atoms with Gasteiger partial charge in [0.1, 0.15) is 5.75 Å². The number of amides is 1. The third kappa shape index (κ3) is 5.46. The number of anilines is 1. The Bertz CT molecular complexity index is 1300. The second kappa shape index (κ2) is 10.4. The number of carbonyl (C=O) groups is 1. The number of hydrogen-bond donors (Lipinski definition) is 2. The van der Waals surface area contributed by atoms with Crippen LogP contribution in [0.3, 0.4) is 0 Å². The van der Waals surface area contributed by atoms with Crippen molar-refractivity contribution in [2.45, 2.75) is 37.3 Å². The predicted octanol–water partition coefficient (Wildman–Crippen LogP) is 4.94. The van der Waals surface area contributed by atoms with E-state index < -0.39 is 6.61 Å². The van der Waals surface area contributed by atoms with Gasteiger partial charge < -0.3 is 19.8 Å². The molecule has 1 amide bonds. The molecule has 35 heavy (non-hydrogen) atoms. The molecule has 1 aliphatic rings. The molecule has 0 saturated carbocycles. The first-order valence-corrected chi connectivity index (χ1v) is 12.1. The number of aromatic amines is 1. The molecule has 1 aliphatic heterocycles. The number of rotatable bonds is 9. The Hall–Kier alpha value is -3.44. The highest BCUT2D eigenvalue weighted by Crippen LogP contribution is 2.31. The normalized spacial score (nSPS) is 15.7. The van der Waals surface area contributed by atoms with E-state index in [2.05, 4.69) is 25.2 Å². The van der Waals surface area contributed by atoms with Gasteiger partial charge in [0.05, 0.1) is 18.4 Å². The Morgan fingerprint density at radius 2 is 2.06 bits per heavy atom. The van der Waals surface area contributed by atoms with E-state index in [0.29, 0.717) is 17.4 Å². The summed E-state index contributed by atoms with van der Waals surface area (Å²) < 4.78 is 36.8. The first-order valence-electron chi connectivity index (χ1n) is 11.2. The molecule has 0 spiro atoms. The van der Waals surface area contributed by atoms with Gasteiger partial charge in [-0.1, -0.05) is 30.0 Å². The van der Waals surface area contributed by atoms with Crippen molar-refractivity contribution >= 4 is 34.3 Å². The number of ether oxygens (including phenoxy) is 2. The van der Waals surface area contributed by atoms with Crippen LogP contribution in [0.25, 0.3) is 22.3 Å². The van der Waals surface area contributed by atoms with Gasteiger partial charge in [-0.25, -0.2) is 0 Å². The standard InChI is InChI=1S/C24H23F2N5O3S/c25-23(26)34-16-9-7-15(8-10-16)28-21(32)14-35-24-30-29-22(31(24)13-17-4-3-11-33-17)19-12-27-20-6-2-1-5-18(19)20/h1-2,5-10,12,17,23,27H,3-4,11,13-14H2,(H,28,32). The van der Waals surface area contributed by atoms with Crippen LogP contribution in [-0.4, -0.2) is 50.7 Å². The fraction of sp³-hybridized carbons (Fsp3) is 0.292. The van der Waals surface area contributed by atoms with Crippen LogP contribution in [0, 0.1) is 0 Å². The molecule has 2 N–H and O–H groups in total. The van der Waals surface area contributed by atoms with Crippen molar-refractivity contribution in [3.63, 3.8) is 0 Å². The van der Waals surface area contributed by atoms with Gasteiger partial charge in [0, 0.05) is 35.0 Å². The second-order valence-electron chi connectivity index (χ2n) is 8.04. The molecule has 1 saturated heterocycles. The fourth-order valence-electron chi connectivity index (χ4n) is 4.05. The largest absolute Gasteiger partial charge is 0.435 e. The zero-order chi connectivity index (χ0) is 24.2. The SMILES string of the molecule is O=C(CSc1nnc(-c2c[nH]c3ccccc23)n1CC1CCCO1)Nc1ccc(OC(F)F)cc1. The van der Waals surface area contributed by atoms with Crippen molar-refractivity contribution in [1.82, 2.24) is 19.7 Å². The van der Waals surface area contributed by atoms with E-state index in [4.69, 9.17) is 4.74 Å². The lowest BCUT2D eigenvalue weighted by Gasteiger charge is -2.14. The number of aromatic nitrogens is 4. The molecule has 182 valence electrons. The number of thioether (sulfide) groups is 1. The lowest BCUT2D eigenvalue weighted by atomic mass is 10.1. The van der Waals surface area contributed by atoms with E-state index in [1.165, 1.54) is 36.0 Å². The van der Waals surface area contributed by atoms with Crippen molar-refractivity contribution in [2.75, 3.05) is 17.7 Å². The Labute approximate surface area is 204 Å². The minimum absolute atomic E-state index is 0.0272. The van der Waals surface area contributed by atoms with Crippen LogP contribution in [0.1, 0.15) is 12.8 Å². The summed E-state index contributed by atoms with van der Waals surface area (Å²) in [5, 5.41) is 13.3. The van der Waals surface area contributed by atoms with Crippen LogP contribution >= 0.6 is 11.8 Å². The Morgan fingerprint density at radius 3 is 2.83 bits per heavy atom. The number of para-hydroxylation sites is 1. The number of nitrogens with zero attached hydrogens (tertiary/aromatic N) is 3. The summed E-state index contributed by atoms with van der Waals surface area (Å²) in [7, 11) is 0. The van der Waals surface area contributed by atoms with Gasteiger partial charge >= 0.3 is 6.61 Å². The van der Waals surface area contributed by atoms with Gasteiger partial charge in [-0.05, 0) is 43.2 Å². The van der Waals surface area contributed by atoms with Crippen LogP contribution in [-0.2, 0) is 16.1 Å². The molecular formula is C24H23F2N5O3S. The number of alkyl halides is 2. The average Bonchev–Trinajstić information content (AvgIpc) is 3.59. The third-order valence-corrected chi connectivity index (χ3v) is 6.62. The summed E-state index contributed by atoms with van der Waals surface area (Å²) in [6, 6.07) is 13.8. The topological polar surface area (TPSA) is 94.1 Å². The van der Waals surface area contributed by atoms with Crippen molar-refractivity contribution in [3.8, 4) is 17.1 Å². The van der Waals surface area contributed by atoms with E-state index in [0.717, 1.165) is 41.7 Å². The Balaban J connectivity index is 1.31. The summed E-state index contributed by atoms with van der Waals surface area (Å²) in [6.07, 6.45) is 3.96. The molecule has 1 fully saturated rings. The molecule has 2 aromatic heterocycles. The van der Waals surface area contributed by atoms with Crippen LogP contribution in [0.5, 0.6) is 5.75 Å². The third-order valence-electron chi connectivity index (χ3n) is 5.65. The summed E-state index contributed by atoms with van der Waals surface area (Å²) in [4.78, 5) is 15.8. The quantitative estimate of drug-likeness (QED) is 0.317. The van der Waals surface area contributed by atoms with Gasteiger partial charge in [0.15, 0.2) is 11.0 Å². The first kappa shape index (κ1) is 23.3. The number of benzene rings is 2. The zero-order valence-electron chi connectivity index (χ0n) is 18.6. The summed E-state index contributed by atoms with van der Waals surface area (Å²) in [6.45, 7) is -1.56. The highest BCUT2D eigenvalue weighted by atomic mass is 32.2. The van der Waals surface area contributed by atoms with Crippen LogP contribution < -0.4 is 10.1 Å². The summed E-state index contributed by atoms with van der Waals surface area (Å²) >= 11 is 1.28.